The van der Waals surface area contributed by atoms with E-state index >= 15 is 0 Å². The van der Waals surface area contributed by atoms with E-state index in [4.69, 9.17) is 0 Å². The fraction of sp³-hybridized carbons (Fsp3) is 0.294. The molecule has 0 aliphatic carbocycles. The minimum atomic E-state index is -4.73. The molecule has 136 valence electrons. The first-order valence-electron chi connectivity index (χ1n) is 7.62. The monoisotopic (exact) mass is 373 g/mol. The second-order valence-corrected chi connectivity index (χ2v) is 7.75. The fourth-order valence-electron chi connectivity index (χ4n) is 2.37. The molecule has 0 fully saturated rings. The van der Waals surface area contributed by atoms with Crippen LogP contribution in [0.5, 0.6) is 0 Å². The summed E-state index contributed by atoms with van der Waals surface area (Å²) >= 11 is 0. The second-order valence-electron chi connectivity index (χ2n) is 6.02. The van der Waals surface area contributed by atoms with Gasteiger partial charge in [-0.15, -0.1) is 0 Å². The molecule has 0 saturated carbocycles. The zero-order chi connectivity index (χ0) is 18.7. The zero-order valence-electron chi connectivity index (χ0n) is 13.9. The van der Waals surface area contributed by atoms with Crippen molar-refractivity contribution in [3.05, 3.63) is 65.2 Å². The number of benzene rings is 2. The summed E-state index contributed by atoms with van der Waals surface area (Å²) in [6.07, 6.45) is -4.73. The maximum Gasteiger partial charge on any atom is 0.417 e. The predicted molar refractivity (Wildman–Crippen MR) is 88.4 cm³/mol. The largest absolute Gasteiger partial charge is 0.417 e. The molecule has 2 rings (SSSR count). The lowest BCUT2D eigenvalue weighted by Crippen LogP contribution is -3.04. The number of hydrogen-bond donors (Lipinski definition) is 2. The third-order valence-corrected chi connectivity index (χ3v) is 4.99. The molecule has 0 atom stereocenters. The Bertz CT molecular complexity index is 817. The Balaban J connectivity index is 2.15. The summed E-state index contributed by atoms with van der Waals surface area (Å²) in [5.41, 5.74) is 0.589. The summed E-state index contributed by atoms with van der Waals surface area (Å²) in [7, 11) is -0.247. The van der Waals surface area contributed by atoms with Crippen LogP contribution in [0.3, 0.4) is 0 Å². The van der Waals surface area contributed by atoms with Gasteiger partial charge in [0.05, 0.1) is 24.6 Å². The van der Waals surface area contributed by atoms with Crippen molar-refractivity contribution in [1.82, 2.24) is 4.72 Å². The molecule has 2 aromatic carbocycles. The minimum Gasteiger partial charge on any atom is -0.336 e. The molecular weight excluding hydrogens is 353 g/mol. The normalized spacial score (nSPS) is 12.6. The third-order valence-electron chi connectivity index (χ3n) is 3.53. The highest BCUT2D eigenvalue weighted by Crippen LogP contribution is 2.33. The molecule has 0 amide bonds. The number of hydrogen-bond acceptors (Lipinski definition) is 2. The van der Waals surface area contributed by atoms with Gasteiger partial charge in [0.1, 0.15) is 6.54 Å². The van der Waals surface area contributed by atoms with Gasteiger partial charge in [-0.05, 0) is 17.7 Å². The summed E-state index contributed by atoms with van der Waals surface area (Å²) in [5.74, 6) is 0. The van der Waals surface area contributed by atoms with E-state index in [2.05, 4.69) is 4.72 Å². The van der Waals surface area contributed by atoms with Crippen LogP contribution in [0.1, 0.15) is 16.7 Å². The number of quaternary nitrogens is 1. The maximum absolute atomic E-state index is 13.0. The van der Waals surface area contributed by atoms with Gasteiger partial charge in [-0.25, -0.2) is 13.1 Å². The zero-order valence-corrected chi connectivity index (χ0v) is 14.7. The van der Waals surface area contributed by atoms with Crippen molar-refractivity contribution in [2.45, 2.75) is 24.2 Å². The van der Waals surface area contributed by atoms with E-state index in [1.54, 1.807) is 12.1 Å². The van der Waals surface area contributed by atoms with Crippen LogP contribution in [0.25, 0.3) is 0 Å². The Morgan fingerprint density at radius 1 is 0.960 bits per heavy atom. The molecule has 0 spiro atoms. The van der Waals surface area contributed by atoms with Gasteiger partial charge >= 0.3 is 6.18 Å². The first-order valence-corrected chi connectivity index (χ1v) is 9.10. The van der Waals surface area contributed by atoms with Crippen molar-refractivity contribution in [2.24, 2.45) is 0 Å². The molecule has 0 aliphatic rings. The lowest BCUT2D eigenvalue weighted by Gasteiger charge is -2.14. The van der Waals surface area contributed by atoms with E-state index < -0.39 is 26.7 Å². The van der Waals surface area contributed by atoms with Crippen molar-refractivity contribution in [3.8, 4) is 0 Å². The minimum absolute atomic E-state index is 0.0797. The van der Waals surface area contributed by atoms with Crippen LogP contribution in [0, 0.1) is 0 Å². The molecule has 2 N–H and O–H groups in total. The first kappa shape index (κ1) is 19.4. The van der Waals surface area contributed by atoms with E-state index in [9.17, 15) is 21.6 Å². The summed E-state index contributed by atoms with van der Waals surface area (Å²) in [6, 6.07) is 11.4. The summed E-state index contributed by atoms with van der Waals surface area (Å²) < 4.78 is 65.8. The van der Waals surface area contributed by atoms with E-state index in [1.165, 1.54) is 11.0 Å². The standard InChI is InChI=1S/C17H19F3N2O2S/c1-22(2)12-14-9-7-13(8-10-14)11-21-25(23,24)16-6-4-3-5-15(16)17(18,19)20/h3-10,21H,11-12H2,1-2H3/p+1. The van der Waals surface area contributed by atoms with Gasteiger partial charge in [0.25, 0.3) is 0 Å². The lowest BCUT2D eigenvalue weighted by atomic mass is 10.1. The highest BCUT2D eigenvalue weighted by Gasteiger charge is 2.36. The van der Waals surface area contributed by atoms with E-state index in [0.717, 1.165) is 30.3 Å². The Morgan fingerprint density at radius 3 is 2.08 bits per heavy atom. The van der Waals surface area contributed by atoms with Crippen molar-refractivity contribution in [3.63, 3.8) is 0 Å². The van der Waals surface area contributed by atoms with Crippen LogP contribution >= 0.6 is 0 Å². The Labute approximate surface area is 145 Å². The molecule has 0 bridgehead atoms. The Hall–Kier alpha value is -1.90. The highest BCUT2D eigenvalue weighted by molar-refractivity contribution is 7.89. The van der Waals surface area contributed by atoms with Crippen LogP contribution in [0.4, 0.5) is 13.2 Å². The molecule has 2 aromatic rings. The Morgan fingerprint density at radius 2 is 1.52 bits per heavy atom. The average molecular weight is 373 g/mol. The number of nitrogens with one attached hydrogen (secondary N) is 2. The predicted octanol–water partition coefficient (Wildman–Crippen LogP) is 1.83. The summed E-state index contributed by atoms with van der Waals surface area (Å²) in [5, 5.41) is 0. The maximum atomic E-state index is 13.0. The molecule has 0 unspecified atom stereocenters. The van der Waals surface area contributed by atoms with E-state index in [1.807, 2.05) is 26.2 Å². The van der Waals surface area contributed by atoms with Crippen LogP contribution in [0.15, 0.2) is 53.4 Å². The number of rotatable bonds is 6. The van der Waals surface area contributed by atoms with Crippen molar-refractivity contribution >= 4 is 10.0 Å². The van der Waals surface area contributed by atoms with Gasteiger partial charge in [0.15, 0.2) is 0 Å². The van der Waals surface area contributed by atoms with Crippen LogP contribution in [-0.4, -0.2) is 22.5 Å². The van der Waals surface area contributed by atoms with Gasteiger partial charge in [0, 0.05) is 12.1 Å². The molecule has 8 heteroatoms. The highest BCUT2D eigenvalue weighted by atomic mass is 32.2. The summed E-state index contributed by atoms with van der Waals surface area (Å²) in [6.45, 7) is 0.745. The topological polar surface area (TPSA) is 50.6 Å². The van der Waals surface area contributed by atoms with Crippen molar-refractivity contribution < 1.29 is 26.5 Å². The molecule has 0 aliphatic heterocycles. The van der Waals surface area contributed by atoms with Gasteiger partial charge in [-0.1, -0.05) is 36.4 Å². The lowest BCUT2D eigenvalue weighted by molar-refractivity contribution is -0.872. The van der Waals surface area contributed by atoms with Gasteiger partial charge in [-0.2, -0.15) is 13.2 Å². The number of alkyl halides is 3. The van der Waals surface area contributed by atoms with Crippen molar-refractivity contribution in [1.29, 1.82) is 0 Å². The second kappa shape index (κ2) is 7.55. The molecular formula is C17H20F3N2O2S+. The first-order chi connectivity index (χ1) is 11.6. The third kappa shape index (κ3) is 5.29. The van der Waals surface area contributed by atoms with Crippen LogP contribution in [-0.2, 0) is 29.3 Å². The summed E-state index contributed by atoms with van der Waals surface area (Å²) in [4.78, 5) is 0.479. The SMILES string of the molecule is C[NH+](C)Cc1ccc(CNS(=O)(=O)c2ccccc2C(F)(F)F)cc1. The molecule has 25 heavy (non-hydrogen) atoms. The molecule has 4 nitrogen and oxygen atoms in total. The quantitative estimate of drug-likeness (QED) is 0.812. The molecule has 0 aromatic heterocycles. The molecule has 0 radical (unpaired) electrons. The van der Waals surface area contributed by atoms with Crippen LogP contribution in [0.2, 0.25) is 0 Å². The fourth-order valence-corrected chi connectivity index (χ4v) is 3.62. The van der Waals surface area contributed by atoms with Gasteiger partial charge < -0.3 is 4.90 Å². The molecule has 0 saturated heterocycles. The van der Waals surface area contributed by atoms with E-state index in [0.29, 0.717) is 5.56 Å². The van der Waals surface area contributed by atoms with E-state index in [-0.39, 0.29) is 6.54 Å². The average Bonchev–Trinajstić information content (AvgIpc) is 2.53. The molecule has 0 heterocycles. The van der Waals surface area contributed by atoms with Gasteiger partial charge in [-0.3, -0.25) is 0 Å². The van der Waals surface area contributed by atoms with Crippen molar-refractivity contribution in [2.75, 3.05) is 14.1 Å². The number of sulfonamides is 1. The van der Waals surface area contributed by atoms with Crippen LogP contribution < -0.4 is 9.62 Å². The van der Waals surface area contributed by atoms with Gasteiger partial charge in [0.2, 0.25) is 10.0 Å². The number of halogens is 3. The Kier molecular flexibility index (Phi) is 5.87. The smallest absolute Gasteiger partial charge is 0.336 e.